The van der Waals surface area contributed by atoms with Gasteiger partial charge in [-0.15, -0.1) is 0 Å². The highest BCUT2D eigenvalue weighted by Gasteiger charge is 2.07. The van der Waals surface area contributed by atoms with Gasteiger partial charge in [0.2, 0.25) is 0 Å². The summed E-state index contributed by atoms with van der Waals surface area (Å²) >= 11 is 12.0. The molecule has 0 saturated carbocycles. The van der Waals surface area contributed by atoms with E-state index in [-0.39, 0.29) is 5.82 Å². The van der Waals surface area contributed by atoms with Crippen molar-refractivity contribution >= 4 is 28.9 Å². The molecule has 106 valence electrons. The minimum atomic E-state index is -0.334. The van der Waals surface area contributed by atoms with Gasteiger partial charge in [-0.3, -0.25) is 0 Å². The lowest BCUT2D eigenvalue weighted by Crippen LogP contribution is -2.03. The number of ether oxygens (including phenoxy) is 1. The quantitative estimate of drug-likeness (QED) is 0.824. The van der Waals surface area contributed by atoms with Gasteiger partial charge in [0.25, 0.3) is 0 Å². The summed E-state index contributed by atoms with van der Waals surface area (Å²) in [4.78, 5) is 0. The Hall–Kier alpha value is -1.45. The molecule has 0 amide bonds. The van der Waals surface area contributed by atoms with Crippen molar-refractivity contribution in [1.29, 1.82) is 0 Å². The molecule has 0 aliphatic heterocycles. The largest absolute Gasteiger partial charge is 0.492 e. The molecule has 0 aliphatic rings. The zero-order chi connectivity index (χ0) is 14.5. The molecular formula is C15H14Cl2FNO. The summed E-state index contributed by atoms with van der Waals surface area (Å²) in [6, 6.07) is 9.64. The molecule has 2 aromatic carbocycles. The molecule has 0 saturated heterocycles. The average Bonchev–Trinajstić information content (AvgIpc) is 2.42. The fourth-order valence-corrected chi connectivity index (χ4v) is 2.17. The van der Waals surface area contributed by atoms with Crippen LogP contribution in [0, 0.1) is 5.82 Å². The summed E-state index contributed by atoms with van der Waals surface area (Å²) in [6.45, 7) is 2.80. The molecule has 0 unspecified atom stereocenters. The Labute approximate surface area is 127 Å². The van der Waals surface area contributed by atoms with E-state index in [1.807, 2.05) is 6.92 Å². The lowest BCUT2D eigenvalue weighted by Gasteiger charge is -2.13. The van der Waals surface area contributed by atoms with Gasteiger partial charge in [0.05, 0.1) is 12.3 Å². The van der Waals surface area contributed by atoms with Crippen LogP contribution in [0.1, 0.15) is 12.5 Å². The molecular weight excluding hydrogens is 300 g/mol. The van der Waals surface area contributed by atoms with Crippen molar-refractivity contribution in [3.63, 3.8) is 0 Å². The molecule has 0 radical (unpaired) electrons. The van der Waals surface area contributed by atoms with Gasteiger partial charge in [-0.05, 0) is 42.8 Å². The summed E-state index contributed by atoms with van der Waals surface area (Å²) in [7, 11) is 0. The van der Waals surface area contributed by atoms with Gasteiger partial charge in [0, 0.05) is 22.7 Å². The second-order valence-electron chi connectivity index (χ2n) is 4.16. The van der Waals surface area contributed by atoms with E-state index in [1.54, 1.807) is 24.3 Å². The van der Waals surface area contributed by atoms with Crippen LogP contribution in [0.5, 0.6) is 5.75 Å². The first-order valence-electron chi connectivity index (χ1n) is 6.20. The number of hydrogen-bond donors (Lipinski definition) is 1. The van der Waals surface area contributed by atoms with Crippen molar-refractivity contribution in [2.45, 2.75) is 13.5 Å². The van der Waals surface area contributed by atoms with Crippen molar-refractivity contribution in [3.8, 4) is 5.75 Å². The SMILES string of the molecule is CCOc1cc(F)ccc1NCc1cc(Cl)ccc1Cl. The number of anilines is 1. The van der Waals surface area contributed by atoms with Crippen molar-refractivity contribution in [2.24, 2.45) is 0 Å². The zero-order valence-electron chi connectivity index (χ0n) is 10.9. The fourth-order valence-electron chi connectivity index (χ4n) is 1.79. The summed E-state index contributed by atoms with van der Waals surface area (Å²) in [5.74, 6) is 0.144. The van der Waals surface area contributed by atoms with Gasteiger partial charge in [-0.25, -0.2) is 4.39 Å². The predicted octanol–water partition coefficient (Wildman–Crippen LogP) is 5.14. The third-order valence-corrected chi connectivity index (χ3v) is 3.32. The maximum absolute atomic E-state index is 13.2. The van der Waals surface area contributed by atoms with E-state index in [0.717, 1.165) is 5.56 Å². The monoisotopic (exact) mass is 313 g/mol. The van der Waals surface area contributed by atoms with Crippen LogP contribution in [0.25, 0.3) is 0 Å². The highest BCUT2D eigenvalue weighted by atomic mass is 35.5. The topological polar surface area (TPSA) is 21.3 Å². The molecule has 0 bridgehead atoms. The molecule has 0 fully saturated rings. The Morgan fingerprint density at radius 1 is 1.15 bits per heavy atom. The summed E-state index contributed by atoms with van der Waals surface area (Å²) in [5.41, 5.74) is 1.58. The first-order valence-corrected chi connectivity index (χ1v) is 6.96. The third kappa shape index (κ3) is 3.78. The predicted molar refractivity (Wildman–Crippen MR) is 81.4 cm³/mol. The Morgan fingerprint density at radius 2 is 1.95 bits per heavy atom. The molecule has 1 N–H and O–H groups in total. The van der Waals surface area contributed by atoms with Gasteiger partial charge < -0.3 is 10.1 Å². The highest BCUT2D eigenvalue weighted by molar-refractivity contribution is 6.33. The molecule has 5 heteroatoms. The van der Waals surface area contributed by atoms with E-state index in [4.69, 9.17) is 27.9 Å². The molecule has 0 heterocycles. The Morgan fingerprint density at radius 3 is 2.70 bits per heavy atom. The highest BCUT2D eigenvalue weighted by Crippen LogP contribution is 2.27. The average molecular weight is 314 g/mol. The lowest BCUT2D eigenvalue weighted by atomic mass is 10.2. The zero-order valence-corrected chi connectivity index (χ0v) is 12.4. The smallest absolute Gasteiger partial charge is 0.145 e. The van der Waals surface area contributed by atoms with Crippen LogP contribution in [0.3, 0.4) is 0 Å². The maximum Gasteiger partial charge on any atom is 0.145 e. The molecule has 0 spiro atoms. The summed E-state index contributed by atoms with van der Waals surface area (Å²) in [5, 5.41) is 4.42. The maximum atomic E-state index is 13.2. The van der Waals surface area contributed by atoms with Gasteiger partial charge in [0.15, 0.2) is 0 Å². The van der Waals surface area contributed by atoms with E-state index in [2.05, 4.69) is 5.32 Å². The number of rotatable bonds is 5. The third-order valence-electron chi connectivity index (χ3n) is 2.72. The number of benzene rings is 2. The van der Waals surface area contributed by atoms with Crippen molar-refractivity contribution in [3.05, 3.63) is 57.8 Å². The van der Waals surface area contributed by atoms with E-state index in [0.29, 0.717) is 34.6 Å². The minimum Gasteiger partial charge on any atom is -0.492 e. The van der Waals surface area contributed by atoms with Crippen LogP contribution in [-0.2, 0) is 6.54 Å². The van der Waals surface area contributed by atoms with Crippen molar-refractivity contribution < 1.29 is 9.13 Å². The van der Waals surface area contributed by atoms with Gasteiger partial charge >= 0.3 is 0 Å². The Kier molecular flexibility index (Phi) is 5.10. The lowest BCUT2D eigenvalue weighted by molar-refractivity contribution is 0.340. The molecule has 20 heavy (non-hydrogen) atoms. The van der Waals surface area contributed by atoms with E-state index in [9.17, 15) is 4.39 Å². The summed E-state index contributed by atoms with van der Waals surface area (Å²) in [6.07, 6.45) is 0. The van der Waals surface area contributed by atoms with Crippen molar-refractivity contribution in [1.82, 2.24) is 0 Å². The molecule has 2 aromatic rings. The minimum absolute atomic E-state index is 0.334. The molecule has 0 aromatic heterocycles. The summed E-state index contributed by atoms with van der Waals surface area (Å²) < 4.78 is 18.6. The van der Waals surface area contributed by atoms with Crippen LogP contribution in [-0.4, -0.2) is 6.61 Å². The van der Waals surface area contributed by atoms with Crippen LogP contribution in [0.4, 0.5) is 10.1 Å². The Bertz CT molecular complexity index is 604. The van der Waals surface area contributed by atoms with Gasteiger partial charge in [-0.1, -0.05) is 23.2 Å². The van der Waals surface area contributed by atoms with Crippen molar-refractivity contribution in [2.75, 3.05) is 11.9 Å². The second kappa shape index (κ2) is 6.82. The van der Waals surface area contributed by atoms with Crippen LogP contribution in [0.2, 0.25) is 10.0 Å². The number of halogens is 3. The van der Waals surface area contributed by atoms with E-state index < -0.39 is 0 Å². The molecule has 0 atom stereocenters. The van der Waals surface area contributed by atoms with Gasteiger partial charge in [-0.2, -0.15) is 0 Å². The normalized spacial score (nSPS) is 10.4. The molecule has 2 rings (SSSR count). The van der Waals surface area contributed by atoms with E-state index >= 15 is 0 Å². The van der Waals surface area contributed by atoms with Crippen LogP contribution in [0.15, 0.2) is 36.4 Å². The molecule has 2 nitrogen and oxygen atoms in total. The first kappa shape index (κ1) is 14.9. The number of hydrogen-bond acceptors (Lipinski definition) is 2. The Balaban J connectivity index is 2.16. The first-order chi connectivity index (χ1) is 9.60. The van der Waals surface area contributed by atoms with E-state index in [1.165, 1.54) is 12.1 Å². The molecule has 0 aliphatic carbocycles. The van der Waals surface area contributed by atoms with Gasteiger partial charge in [0.1, 0.15) is 11.6 Å². The van der Waals surface area contributed by atoms with Crippen LogP contribution >= 0.6 is 23.2 Å². The fraction of sp³-hybridized carbons (Fsp3) is 0.200. The standard InChI is InChI=1S/C15H14Cl2FNO/c1-2-20-15-8-12(18)4-6-14(15)19-9-10-7-11(16)3-5-13(10)17/h3-8,19H,2,9H2,1H3. The number of nitrogens with one attached hydrogen (secondary N) is 1. The second-order valence-corrected chi connectivity index (χ2v) is 5.01. The van der Waals surface area contributed by atoms with Crippen LogP contribution < -0.4 is 10.1 Å².